The van der Waals surface area contributed by atoms with E-state index < -0.39 is 11.9 Å². The van der Waals surface area contributed by atoms with E-state index in [1.807, 2.05) is 0 Å². The summed E-state index contributed by atoms with van der Waals surface area (Å²) in [6.45, 7) is 0. The number of esters is 2. The van der Waals surface area contributed by atoms with E-state index in [1.54, 1.807) is 60.7 Å². The second-order valence-corrected chi connectivity index (χ2v) is 3.41. The molecule has 0 amide bonds. The molecule has 0 fully saturated rings. The zero-order chi connectivity index (χ0) is 12.1. The molecule has 2 aromatic carbocycles. The smallest absolute Gasteiger partial charge is 1.00 e. The Bertz CT molecular complexity index is 479. The monoisotopic (exact) mass is 266 g/mol. The first-order valence-corrected chi connectivity index (χ1v) is 5.14. The SMILES string of the molecule is O=C(OC(=O)c1ccccc1)c1ccccc1.[H-].[K+]. The number of carbonyl (C=O) groups excluding carboxylic acids is 2. The molecule has 0 radical (unpaired) electrons. The summed E-state index contributed by atoms with van der Waals surface area (Å²) in [5.74, 6) is -1.28. The summed E-state index contributed by atoms with van der Waals surface area (Å²) in [7, 11) is 0. The van der Waals surface area contributed by atoms with E-state index in [2.05, 4.69) is 0 Å². The van der Waals surface area contributed by atoms with Gasteiger partial charge in [0.2, 0.25) is 0 Å². The van der Waals surface area contributed by atoms with Gasteiger partial charge in [0.1, 0.15) is 0 Å². The van der Waals surface area contributed by atoms with E-state index in [9.17, 15) is 9.59 Å². The number of ether oxygens (including phenoxy) is 1. The van der Waals surface area contributed by atoms with Crippen LogP contribution >= 0.6 is 0 Å². The first-order valence-electron chi connectivity index (χ1n) is 5.14. The van der Waals surface area contributed by atoms with Crippen LogP contribution in [0.5, 0.6) is 0 Å². The van der Waals surface area contributed by atoms with Gasteiger partial charge in [0.25, 0.3) is 0 Å². The van der Waals surface area contributed by atoms with Gasteiger partial charge in [-0.1, -0.05) is 36.4 Å². The normalized spacial score (nSPS) is 9.11. The Morgan fingerprint density at radius 1 is 0.722 bits per heavy atom. The average molecular weight is 266 g/mol. The van der Waals surface area contributed by atoms with Crippen LogP contribution in [0.15, 0.2) is 60.7 Å². The van der Waals surface area contributed by atoms with Crippen molar-refractivity contribution in [1.82, 2.24) is 0 Å². The van der Waals surface area contributed by atoms with Crippen LogP contribution in [-0.2, 0) is 4.74 Å². The molecule has 0 heterocycles. The first-order chi connectivity index (χ1) is 8.27. The van der Waals surface area contributed by atoms with E-state index in [1.165, 1.54) is 0 Å². The Balaban J connectivity index is 0.00000162. The summed E-state index contributed by atoms with van der Waals surface area (Å²) >= 11 is 0. The maximum Gasteiger partial charge on any atom is 1.00 e. The number of hydrogen-bond acceptors (Lipinski definition) is 3. The molecule has 2 rings (SSSR count). The zero-order valence-electron chi connectivity index (χ0n) is 11.0. The third kappa shape index (κ3) is 4.15. The summed E-state index contributed by atoms with van der Waals surface area (Å²) < 4.78 is 4.74. The fraction of sp³-hybridized carbons (Fsp3) is 0. The number of carbonyl (C=O) groups is 2. The Morgan fingerprint density at radius 2 is 1.06 bits per heavy atom. The van der Waals surface area contributed by atoms with Crippen LogP contribution in [0, 0.1) is 0 Å². The van der Waals surface area contributed by atoms with Gasteiger partial charge >= 0.3 is 63.3 Å². The molecule has 0 aliphatic carbocycles. The number of benzene rings is 2. The second-order valence-electron chi connectivity index (χ2n) is 3.41. The van der Waals surface area contributed by atoms with E-state index >= 15 is 0 Å². The number of hydrogen-bond donors (Lipinski definition) is 0. The van der Waals surface area contributed by atoms with E-state index in [4.69, 9.17) is 4.74 Å². The van der Waals surface area contributed by atoms with Crippen molar-refractivity contribution >= 4 is 11.9 Å². The summed E-state index contributed by atoms with van der Waals surface area (Å²) in [4.78, 5) is 23.2. The summed E-state index contributed by atoms with van der Waals surface area (Å²) in [6, 6.07) is 16.8. The minimum Gasteiger partial charge on any atom is -1.00 e. The molecular formula is C14H11KO3. The fourth-order valence-corrected chi connectivity index (χ4v) is 1.35. The minimum absolute atomic E-state index is 0. The largest absolute Gasteiger partial charge is 1.00 e. The van der Waals surface area contributed by atoms with Crippen molar-refractivity contribution in [3.63, 3.8) is 0 Å². The number of rotatable bonds is 2. The molecule has 0 saturated heterocycles. The van der Waals surface area contributed by atoms with Crippen molar-refractivity contribution in [3.05, 3.63) is 71.8 Å². The Hall–Kier alpha value is -0.784. The van der Waals surface area contributed by atoms with Crippen LogP contribution in [0.25, 0.3) is 0 Å². The predicted octanol–water partition coefficient (Wildman–Crippen LogP) is -0.200. The molecular weight excluding hydrogens is 255 g/mol. The Kier molecular flexibility index (Phi) is 6.46. The molecule has 4 heteroatoms. The summed E-state index contributed by atoms with van der Waals surface area (Å²) in [5, 5.41) is 0. The quantitative estimate of drug-likeness (QED) is 0.429. The van der Waals surface area contributed by atoms with Crippen LogP contribution in [0.3, 0.4) is 0 Å². The van der Waals surface area contributed by atoms with Crippen LogP contribution in [0.1, 0.15) is 22.1 Å². The maximum absolute atomic E-state index is 11.6. The van der Waals surface area contributed by atoms with Crippen LogP contribution in [-0.4, -0.2) is 11.9 Å². The average Bonchev–Trinajstić information content (AvgIpc) is 2.40. The molecule has 0 spiro atoms. The van der Waals surface area contributed by atoms with E-state index in [0.29, 0.717) is 11.1 Å². The molecule has 0 bridgehead atoms. The standard InChI is InChI=1S/C14H10O3.K.H/c15-13(11-7-3-1-4-8-11)17-14(16)12-9-5-2-6-10-12;;/h1-10H;;/q;+1;-1. The summed E-state index contributed by atoms with van der Waals surface area (Å²) in [5.41, 5.74) is 0.716. The third-order valence-corrected chi connectivity index (χ3v) is 2.20. The molecule has 0 unspecified atom stereocenters. The second kappa shape index (κ2) is 7.61. The van der Waals surface area contributed by atoms with E-state index in [-0.39, 0.29) is 52.8 Å². The van der Waals surface area contributed by atoms with Gasteiger partial charge in [0.15, 0.2) is 0 Å². The molecule has 0 aromatic heterocycles. The van der Waals surface area contributed by atoms with Gasteiger partial charge in [0, 0.05) is 0 Å². The first kappa shape index (κ1) is 15.3. The minimum atomic E-state index is -0.639. The Labute approximate surface area is 149 Å². The van der Waals surface area contributed by atoms with Gasteiger partial charge in [-0.25, -0.2) is 9.59 Å². The van der Waals surface area contributed by atoms with Gasteiger partial charge in [-0.15, -0.1) is 0 Å². The molecule has 0 aliphatic heterocycles. The van der Waals surface area contributed by atoms with Crippen molar-refractivity contribution in [3.8, 4) is 0 Å². The van der Waals surface area contributed by atoms with Crippen molar-refractivity contribution in [2.24, 2.45) is 0 Å². The zero-order valence-corrected chi connectivity index (χ0v) is 13.1. The molecule has 0 aliphatic rings. The van der Waals surface area contributed by atoms with Gasteiger partial charge in [-0.05, 0) is 24.3 Å². The van der Waals surface area contributed by atoms with Gasteiger partial charge in [-0.2, -0.15) is 0 Å². The molecule has 86 valence electrons. The van der Waals surface area contributed by atoms with Gasteiger partial charge in [-0.3, -0.25) is 0 Å². The molecule has 2 aromatic rings. The summed E-state index contributed by atoms with van der Waals surface area (Å²) in [6.07, 6.45) is 0. The van der Waals surface area contributed by atoms with Crippen LogP contribution in [0.4, 0.5) is 0 Å². The molecule has 18 heavy (non-hydrogen) atoms. The van der Waals surface area contributed by atoms with Gasteiger partial charge in [0.05, 0.1) is 11.1 Å². The van der Waals surface area contributed by atoms with E-state index in [0.717, 1.165) is 0 Å². The van der Waals surface area contributed by atoms with Crippen molar-refractivity contribution in [1.29, 1.82) is 0 Å². The third-order valence-electron chi connectivity index (χ3n) is 2.20. The fourth-order valence-electron chi connectivity index (χ4n) is 1.35. The van der Waals surface area contributed by atoms with Crippen molar-refractivity contribution < 1.29 is 67.1 Å². The van der Waals surface area contributed by atoms with Crippen LogP contribution in [0.2, 0.25) is 0 Å². The van der Waals surface area contributed by atoms with Gasteiger partial charge < -0.3 is 6.16 Å². The molecule has 0 N–H and O–H groups in total. The molecule has 0 saturated carbocycles. The predicted molar refractivity (Wildman–Crippen MR) is 63.7 cm³/mol. The maximum atomic E-state index is 11.6. The molecule has 0 atom stereocenters. The van der Waals surface area contributed by atoms with Crippen molar-refractivity contribution in [2.75, 3.05) is 0 Å². The van der Waals surface area contributed by atoms with Crippen LogP contribution < -0.4 is 51.4 Å². The molecule has 3 nitrogen and oxygen atoms in total. The van der Waals surface area contributed by atoms with Crippen molar-refractivity contribution in [2.45, 2.75) is 0 Å². The Morgan fingerprint density at radius 3 is 1.39 bits per heavy atom. The topological polar surface area (TPSA) is 43.4 Å².